The summed E-state index contributed by atoms with van der Waals surface area (Å²) in [5.41, 5.74) is 0. The molecule has 80 valence electrons. The summed E-state index contributed by atoms with van der Waals surface area (Å²) in [5, 5.41) is 0. The second-order valence-electron chi connectivity index (χ2n) is 2.23. The lowest BCUT2D eigenvalue weighted by atomic mass is 10.9. The van der Waals surface area contributed by atoms with Gasteiger partial charge in [-0.15, -0.1) is 0 Å². The average molecular weight is 232 g/mol. The summed E-state index contributed by atoms with van der Waals surface area (Å²) < 4.78 is 45.8. The molecule has 6 nitrogen and oxygen atoms in total. The van der Waals surface area contributed by atoms with Gasteiger partial charge in [0.1, 0.15) is 0 Å². The molecule has 8 heteroatoms. The summed E-state index contributed by atoms with van der Waals surface area (Å²) >= 11 is 0. The van der Waals surface area contributed by atoms with Crippen molar-refractivity contribution in [3.63, 3.8) is 0 Å². The molecule has 0 atom stereocenters. The largest absolute Gasteiger partial charge is 0.332 e. The molecule has 0 unspecified atom stereocenters. The van der Waals surface area contributed by atoms with Gasteiger partial charge >= 0.3 is 7.60 Å². The quantitative estimate of drug-likeness (QED) is 0.488. The van der Waals surface area contributed by atoms with Gasteiger partial charge in [-0.3, -0.25) is 8.75 Å². The summed E-state index contributed by atoms with van der Waals surface area (Å²) in [5.74, 6) is 0. The topological polar surface area (TPSA) is 78.9 Å². The van der Waals surface area contributed by atoms with Gasteiger partial charge in [-0.2, -0.15) is 8.42 Å². The third-order valence-electron chi connectivity index (χ3n) is 1.22. The summed E-state index contributed by atoms with van der Waals surface area (Å²) in [6.07, 6.45) is 0.824. The van der Waals surface area contributed by atoms with Crippen LogP contribution in [-0.4, -0.2) is 41.7 Å². The SMILES string of the molecule is COP(=O)(CCOS(C)(=O)=O)OC. The molecule has 0 aliphatic rings. The molecule has 0 fully saturated rings. The predicted molar refractivity (Wildman–Crippen MR) is 47.3 cm³/mol. The number of hydrogen-bond donors (Lipinski definition) is 0. The minimum atomic E-state index is -3.50. The maximum absolute atomic E-state index is 11.3. The Bertz CT molecular complexity index is 275. The summed E-state index contributed by atoms with van der Waals surface area (Å²) in [7, 11) is -4.20. The van der Waals surface area contributed by atoms with E-state index in [-0.39, 0.29) is 12.8 Å². The minimum Gasteiger partial charge on any atom is -0.312 e. The van der Waals surface area contributed by atoms with E-state index in [9.17, 15) is 13.0 Å². The van der Waals surface area contributed by atoms with E-state index in [1.807, 2.05) is 0 Å². The Kier molecular flexibility index (Phi) is 5.09. The van der Waals surface area contributed by atoms with Crippen LogP contribution in [0.3, 0.4) is 0 Å². The van der Waals surface area contributed by atoms with Crippen LogP contribution in [0, 0.1) is 0 Å². The van der Waals surface area contributed by atoms with Crippen LogP contribution in [0.1, 0.15) is 0 Å². The van der Waals surface area contributed by atoms with Crippen LogP contribution in [0.25, 0.3) is 0 Å². The van der Waals surface area contributed by atoms with Crippen molar-refractivity contribution in [1.82, 2.24) is 0 Å². The van der Waals surface area contributed by atoms with Gasteiger partial charge < -0.3 is 9.05 Å². The normalized spacial score (nSPS) is 13.2. The van der Waals surface area contributed by atoms with Crippen LogP contribution in [-0.2, 0) is 27.9 Å². The predicted octanol–water partition coefficient (Wildman–Crippen LogP) is 0.448. The average Bonchev–Trinajstić information content (AvgIpc) is 2.02. The fourth-order valence-corrected chi connectivity index (χ4v) is 1.90. The number of hydrogen-bond acceptors (Lipinski definition) is 6. The van der Waals surface area contributed by atoms with E-state index in [1.165, 1.54) is 14.2 Å². The first-order valence-electron chi connectivity index (χ1n) is 3.38. The molecule has 0 aliphatic heterocycles. The van der Waals surface area contributed by atoms with E-state index in [4.69, 9.17) is 0 Å². The Labute approximate surface area is 77.8 Å². The van der Waals surface area contributed by atoms with Crippen LogP contribution in [0.15, 0.2) is 0 Å². The molecule has 0 amide bonds. The lowest BCUT2D eigenvalue weighted by Gasteiger charge is -2.12. The van der Waals surface area contributed by atoms with Crippen molar-refractivity contribution in [2.75, 3.05) is 33.2 Å². The van der Waals surface area contributed by atoms with E-state index in [0.29, 0.717) is 0 Å². The molecule has 0 saturated carbocycles. The van der Waals surface area contributed by atoms with Gasteiger partial charge in [-0.25, -0.2) is 0 Å². The molecule has 0 rings (SSSR count). The standard InChI is InChI=1S/C5H13O6PS/c1-9-12(6,10-2)5-4-11-13(3,7)8/h4-5H2,1-3H3. The molecular formula is C5H13O6PS. The Morgan fingerprint density at radius 3 is 2.00 bits per heavy atom. The van der Waals surface area contributed by atoms with Crippen molar-refractivity contribution in [1.29, 1.82) is 0 Å². The first kappa shape index (κ1) is 13.1. The highest BCUT2D eigenvalue weighted by Crippen LogP contribution is 2.45. The van der Waals surface area contributed by atoms with Gasteiger partial charge in [0.05, 0.1) is 19.0 Å². The molecule has 0 spiro atoms. The smallest absolute Gasteiger partial charge is 0.312 e. The number of rotatable bonds is 6. The third kappa shape index (κ3) is 6.17. The van der Waals surface area contributed by atoms with Gasteiger partial charge in [0.2, 0.25) is 0 Å². The van der Waals surface area contributed by atoms with Crippen molar-refractivity contribution in [3.8, 4) is 0 Å². The Morgan fingerprint density at radius 1 is 1.23 bits per heavy atom. The minimum absolute atomic E-state index is 0.0902. The van der Waals surface area contributed by atoms with Gasteiger partial charge in [0.25, 0.3) is 10.1 Å². The second-order valence-corrected chi connectivity index (χ2v) is 6.27. The zero-order valence-corrected chi connectivity index (χ0v) is 9.43. The molecule has 0 aromatic heterocycles. The Balaban J connectivity index is 3.96. The molecule has 0 aliphatic carbocycles. The maximum Gasteiger partial charge on any atom is 0.332 e. The fraction of sp³-hybridized carbons (Fsp3) is 1.00. The molecular weight excluding hydrogens is 219 g/mol. The van der Waals surface area contributed by atoms with Crippen LogP contribution in [0.4, 0.5) is 0 Å². The van der Waals surface area contributed by atoms with Gasteiger partial charge in [-0.1, -0.05) is 0 Å². The van der Waals surface area contributed by atoms with Gasteiger partial charge in [-0.05, 0) is 0 Å². The van der Waals surface area contributed by atoms with Crippen molar-refractivity contribution in [3.05, 3.63) is 0 Å². The molecule has 0 heterocycles. The summed E-state index contributed by atoms with van der Waals surface area (Å²) in [6, 6.07) is 0. The molecule has 13 heavy (non-hydrogen) atoms. The van der Waals surface area contributed by atoms with Crippen molar-refractivity contribution in [2.24, 2.45) is 0 Å². The second kappa shape index (κ2) is 5.07. The van der Waals surface area contributed by atoms with Gasteiger partial charge in [0.15, 0.2) is 0 Å². The fourth-order valence-electron chi connectivity index (χ4n) is 0.558. The molecule has 0 aromatic rings. The molecule has 0 radical (unpaired) electrons. The zero-order valence-electron chi connectivity index (χ0n) is 7.72. The molecule has 0 N–H and O–H groups in total. The van der Waals surface area contributed by atoms with Crippen molar-refractivity contribution < 1.29 is 26.2 Å². The van der Waals surface area contributed by atoms with Crippen LogP contribution in [0.2, 0.25) is 0 Å². The van der Waals surface area contributed by atoms with Gasteiger partial charge in [0, 0.05) is 14.2 Å². The highest BCUT2D eigenvalue weighted by Gasteiger charge is 2.21. The molecule has 0 bridgehead atoms. The lowest BCUT2D eigenvalue weighted by molar-refractivity contribution is 0.263. The Hall–Kier alpha value is 0.0600. The first-order valence-corrected chi connectivity index (χ1v) is 6.92. The highest BCUT2D eigenvalue weighted by atomic mass is 32.2. The first-order chi connectivity index (χ1) is 5.83. The van der Waals surface area contributed by atoms with E-state index in [2.05, 4.69) is 13.2 Å². The van der Waals surface area contributed by atoms with Crippen LogP contribution in [0.5, 0.6) is 0 Å². The van der Waals surface area contributed by atoms with E-state index < -0.39 is 17.7 Å². The lowest BCUT2D eigenvalue weighted by Crippen LogP contribution is -2.08. The third-order valence-corrected chi connectivity index (χ3v) is 3.66. The molecule has 0 aromatic carbocycles. The van der Waals surface area contributed by atoms with E-state index in [0.717, 1.165) is 6.26 Å². The Morgan fingerprint density at radius 2 is 1.69 bits per heavy atom. The van der Waals surface area contributed by atoms with Crippen LogP contribution < -0.4 is 0 Å². The zero-order chi connectivity index (χ0) is 10.5. The van der Waals surface area contributed by atoms with Crippen molar-refractivity contribution >= 4 is 17.7 Å². The van der Waals surface area contributed by atoms with Crippen LogP contribution >= 0.6 is 7.60 Å². The van der Waals surface area contributed by atoms with E-state index in [1.54, 1.807) is 0 Å². The molecule has 0 saturated heterocycles. The monoisotopic (exact) mass is 232 g/mol. The highest BCUT2D eigenvalue weighted by molar-refractivity contribution is 7.86. The van der Waals surface area contributed by atoms with E-state index >= 15 is 0 Å². The summed E-state index contributed by atoms with van der Waals surface area (Å²) in [4.78, 5) is 0. The maximum atomic E-state index is 11.3. The summed E-state index contributed by atoms with van der Waals surface area (Å²) in [6.45, 7) is -0.211. The van der Waals surface area contributed by atoms with Crippen molar-refractivity contribution in [2.45, 2.75) is 0 Å².